The maximum absolute atomic E-state index is 12.3. The summed E-state index contributed by atoms with van der Waals surface area (Å²) < 4.78 is 7.19. The lowest BCUT2D eigenvalue weighted by molar-refractivity contribution is 0.375. The third-order valence-corrected chi connectivity index (χ3v) is 3.92. The van der Waals surface area contributed by atoms with Crippen LogP contribution in [0.25, 0.3) is 10.2 Å². The van der Waals surface area contributed by atoms with Crippen LogP contribution in [0.4, 0.5) is 0 Å². The van der Waals surface area contributed by atoms with Crippen LogP contribution < -0.4 is 5.56 Å². The van der Waals surface area contributed by atoms with Crippen molar-refractivity contribution in [1.82, 2.24) is 19.7 Å². The molecule has 3 aromatic rings. The third-order valence-electron chi connectivity index (χ3n) is 2.85. The van der Waals surface area contributed by atoms with Crippen molar-refractivity contribution in [3.8, 4) is 0 Å². The van der Waals surface area contributed by atoms with Gasteiger partial charge < -0.3 is 4.52 Å². The SMILES string of the molecule is CCc1nc(Cn2cnc3c(C)csc3c2=O)no1. The molecule has 3 aromatic heterocycles. The van der Waals surface area contributed by atoms with Gasteiger partial charge in [-0.1, -0.05) is 12.1 Å². The Morgan fingerprint density at radius 3 is 3.05 bits per heavy atom. The molecule has 6 nitrogen and oxygen atoms in total. The predicted molar refractivity (Wildman–Crippen MR) is 71.4 cm³/mol. The molecule has 0 spiro atoms. The highest BCUT2D eigenvalue weighted by Crippen LogP contribution is 2.19. The lowest BCUT2D eigenvalue weighted by Crippen LogP contribution is -2.20. The van der Waals surface area contributed by atoms with E-state index in [0.29, 0.717) is 22.8 Å². The Hall–Kier alpha value is -2.02. The van der Waals surface area contributed by atoms with Crippen molar-refractivity contribution in [1.29, 1.82) is 0 Å². The summed E-state index contributed by atoms with van der Waals surface area (Å²) in [5.41, 5.74) is 1.73. The number of hydrogen-bond donors (Lipinski definition) is 0. The second-order valence-corrected chi connectivity index (χ2v) is 5.11. The molecular weight excluding hydrogens is 264 g/mol. The summed E-state index contributed by atoms with van der Waals surface area (Å²) in [4.78, 5) is 20.8. The summed E-state index contributed by atoms with van der Waals surface area (Å²) in [5.74, 6) is 1.07. The molecule has 0 aliphatic carbocycles. The highest BCUT2D eigenvalue weighted by Gasteiger charge is 2.11. The number of rotatable bonds is 3. The fourth-order valence-corrected chi connectivity index (χ4v) is 2.77. The van der Waals surface area contributed by atoms with Crippen LogP contribution in [0, 0.1) is 6.92 Å². The van der Waals surface area contributed by atoms with Gasteiger partial charge in [-0.05, 0) is 17.9 Å². The summed E-state index contributed by atoms with van der Waals surface area (Å²) in [6.07, 6.45) is 2.22. The lowest BCUT2D eigenvalue weighted by Gasteiger charge is -2.01. The summed E-state index contributed by atoms with van der Waals surface area (Å²) in [6, 6.07) is 0. The van der Waals surface area contributed by atoms with E-state index in [1.54, 1.807) is 0 Å². The Morgan fingerprint density at radius 2 is 2.32 bits per heavy atom. The topological polar surface area (TPSA) is 73.8 Å². The molecule has 0 aliphatic heterocycles. The van der Waals surface area contributed by atoms with Gasteiger partial charge in [-0.25, -0.2) is 4.98 Å². The van der Waals surface area contributed by atoms with Crippen molar-refractivity contribution in [3.63, 3.8) is 0 Å². The molecule has 0 radical (unpaired) electrons. The summed E-state index contributed by atoms with van der Waals surface area (Å²) in [7, 11) is 0. The van der Waals surface area contributed by atoms with Crippen LogP contribution in [-0.2, 0) is 13.0 Å². The fraction of sp³-hybridized carbons (Fsp3) is 0.333. The van der Waals surface area contributed by atoms with E-state index in [0.717, 1.165) is 11.1 Å². The molecule has 0 saturated carbocycles. The maximum atomic E-state index is 12.3. The number of aromatic nitrogens is 4. The normalized spacial score (nSPS) is 11.3. The zero-order valence-corrected chi connectivity index (χ0v) is 11.4. The van der Waals surface area contributed by atoms with E-state index < -0.39 is 0 Å². The number of hydrogen-bond acceptors (Lipinski definition) is 6. The molecule has 0 unspecified atom stereocenters. The molecule has 98 valence electrons. The highest BCUT2D eigenvalue weighted by molar-refractivity contribution is 7.17. The number of thiophene rings is 1. The van der Waals surface area contributed by atoms with Gasteiger partial charge in [0.2, 0.25) is 5.89 Å². The average Bonchev–Trinajstić information content (AvgIpc) is 3.00. The fourth-order valence-electron chi connectivity index (χ4n) is 1.82. The van der Waals surface area contributed by atoms with Gasteiger partial charge in [0.25, 0.3) is 5.56 Å². The standard InChI is InChI=1S/C12H12N4O2S/c1-3-9-14-8(15-18-9)4-16-6-13-10-7(2)5-19-11(10)12(16)17/h5-6H,3-4H2,1-2H3. The van der Waals surface area contributed by atoms with Crippen molar-refractivity contribution in [3.05, 3.63) is 39.3 Å². The first-order valence-corrected chi connectivity index (χ1v) is 6.81. The van der Waals surface area contributed by atoms with E-state index >= 15 is 0 Å². The van der Waals surface area contributed by atoms with Gasteiger partial charge in [-0.3, -0.25) is 9.36 Å². The number of fused-ring (bicyclic) bond motifs is 1. The Kier molecular flexibility index (Phi) is 2.90. The molecule has 0 atom stereocenters. The molecule has 0 bridgehead atoms. The minimum atomic E-state index is -0.0639. The lowest BCUT2D eigenvalue weighted by atomic mass is 10.3. The first kappa shape index (κ1) is 12.0. The van der Waals surface area contributed by atoms with Crippen LogP contribution in [0.1, 0.15) is 24.2 Å². The first-order chi connectivity index (χ1) is 9.19. The molecule has 0 amide bonds. The third kappa shape index (κ3) is 2.06. The maximum Gasteiger partial charge on any atom is 0.271 e. The van der Waals surface area contributed by atoms with Crippen LogP contribution >= 0.6 is 11.3 Å². The minimum Gasteiger partial charge on any atom is -0.339 e. The highest BCUT2D eigenvalue weighted by atomic mass is 32.1. The van der Waals surface area contributed by atoms with E-state index in [4.69, 9.17) is 4.52 Å². The van der Waals surface area contributed by atoms with Gasteiger partial charge in [0.15, 0.2) is 5.82 Å². The Labute approximate surface area is 112 Å². The average molecular weight is 276 g/mol. The number of nitrogens with zero attached hydrogens (tertiary/aromatic N) is 4. The molecular formula is C12H12N4O2S. The van der Waals surface area contributed by atoms with E-state index in [1.165, 1.54) is 22.2 Å². The summed E-state index contributed by atoms with van der Waals surface area (Å²) in [6.45, 7) is 4.16. The molecule has 0 fully saturated rings. The smallest absolute Gasteiger partial charge is 0.271 e. The molecule has 3 heterocycles. The molecule has 0 N–H and O–H groups in total. The van der Waals surface area contributed by atoms with Gasteiger partial charge in [0.1, 0.15) is 4.70 Å². The summed E-state index contributed by atoms with van der Waals surface area (Å²) >= 11 is 1.41. The van der Waals surface area contributed by atoms with Gasteiger partial charge >= 0.3 is 0 Å². The first-order valence-electron chi connectivity index (χ1n) is 5.93. The van der Waals surface area contributed by atoms with Crippen LogP contribution in [0.5, 0.6) is 0 Å². The Morgan fingerprint density at radius 1 is 1.47 bits per heavy atom. The molecule has 0 saturated heterocycles. The molecule has 19 heavy (non-hydrogen) atoms. The van der Waals surface area contributed by atoms with Crippen molar-refractivity contribution in [2.24, 2.45) is 0 Å². The van der Waals surface area contributed by atoms with Gasteiger partial charge in [0, 0.05) is 6.42 Å². The van der Waals surface area contributed by atoms with Crippen LogP contribution in [0.2, 0.25) is 0 Å². The van der Waals surface area contributed by atoms with Crippen LogP contribution in [0.15, 0.2) is 21.0 Å². The monoisotopic (exact) mass is 276 g/mol. The predicted octanol–water partition coefficient (Wildman–Crippen LogP) is 1.76. The van der Waals surface area contributed by atoms with E-state index in [-0.39, 0.29) is 12.1 Å². The van der Waals surface area contributed by atoms with Crippen molar-refractivity contribution >= 4 is 21.6 Å². The minimum absolute atomic E-state index is 0.0639. The Bertz CT molecular complexity index is 786. The van der Waals surface area contributed by atoms with E-state index in [9.17, 15) is 4.79 Å². The van der Waals surface area contributed by atoms with E-state index in [2.05, 4.69) is 15.1 Å². The zero-order chi connectivity index (χ0) is 13.4. The van der Waals surface area contributed by atoms with Crippen LogP contribution in [0.3, 0.4) is 0 Å². The van der Waals surface area contributed by atoms with Crippen molar-refractivity contribution in [2.45, 2.75) is 26.8 Å². The quantitative estimate of drug-likeness (QED) is 0.728. The summed E-state index contributed by atoms with van der Waals surface area (Å²) in [5, 5.41) is 5.78. The second-order valence-electron chi connectivity index (χ2n) is 4.23. The molecule has 0 aromatic carbocycles. The number of aryl methyl sites for hydroxylation is 2. The largest absolute Gasteiger partial charge is 0.339 e. The molecule has 3 rings (SSSR count). The van der Waals surface area contributed by atoms with E-state index in [1.807, 2.05) is 19.2 Å². The van der Waals surface area contributed by atoms with Gasteiger partial charge in [0.05, 0.1) is 18.4 Å². The molecule has 7 heteroatoms. The van der Waals surface area contributed by atoms with Crippen molar-refractivity contribution < 1.29 is 4.52 Å². The van der Waals surface area contributed by atoms with Crippen LogP contribution in [-0.4, -0.2) is 19.7 Å². The molecule has 0 aliphatic rings. The van der Waals surface area contributed by atoms with Gasteiger partial charge in [-0.15, -0.1) is 11.3 Å². The zero-order valence-electron chi connectivity index (χ0n) is 10.6. The Balaban J connectivity index is 2.01. The van der Waals surface area contributed by atoms with Gasteiger partial charge in [-0.2, -0.15) is 4.98 Å². The second kappa shape index (κ2) is 4.58. The van der Waals surface area contributed by atoms with Crippen molar-refractivity contribution in [2.75, 3.05) is 0 Å².